The van der Waals surface area contributed by atoms with Crippen molar-refractivity contribution in [1.82, 2.24) is 0 Å². The molecule has 2 aromatic carbocycles. The van der Waals surface area contributed by atoms with Crippen LogP contribution in [0.1, 0.15) is 18.9 Å². The molecule has 19 heavy (non-hydrogen) atoms. The van der Waals surface area contributed by atoms with Gasteiger partial charge in [0.05, 0.1) is 0 Å². The summed E-state index contributed by atoms with van der Waals surface area (Å²) in [5.74, 6) is -0.175. The van der Waals surface area contributed by atoms with E-state index >= 15 is 0 Å². The lowest BCUT2D eigenvalue weighted by Gasteiger charge is -2.08. The predicted octanol–water partition coefficient (Wildman–Crippen LogP) is 4.57. The maximum atomic E-state index is 11.2. The second-order valence-electron chi connectivity index (χ2n) is 4.19. The standard InChI is InChI=1S/C16H15BrO2/c1-2-16(18)19-11-12-6-5-7-13(10-12)14-8-3-4-9-15(14)17/h3-10H,2,11H2,1H3. The lowest BCUT2D eigenvalue weighted by Crippen LogP contribution is -2.02. The van der Waals surface area contributed by atoms with Gasteiger partial charge in [0.2, 0.25) is 0 Å². The van der Waals surface area contributed by atoms with Crippen LogP contribution in [0.4, 0.5) is 0 Å². The fraction of sp³-hybridized carbons (Fsp3) is 0.188. The Morgan fingerprint density at radius 3 is 2.68 bits per heavy atom. The van der Waals surface area contributed by atoms with E-state index in [4.69, 9.17) is 4.74 Å². The molecule has 0 aliphatic carbocycles. The SMILES string of the molecule is CCC(=O)OCc1cccc(-c2ccccc2Br)c1. The number of ether oxygens (including phenoxy) is 1. The fourth-order valence-corrected chi connectivity index (χ4v) is 2.30. The van der Waals surface area contributed by atoms with Crippen LogP contribution in [-0.4, -0.2) is 5.97 Å². The third-order valence-corrected chi connectivity index (χ3v) is 3.49. The van der Waals surface area contributed by atoms with Crippen molar-refractivity contribution in [1.29, 1.82) is 0 Å². The number of carbonyl (C=O) groups excluding carboxylic acids is 1. The van der Waals surface area contributed by atoms with Crippen molar-refractivity contribution >= 4 is 21.9 Å². The number of esters is 1. The summed E-state index contributed by atoms with van der Waals surface area (Å²) in [5, 5.41) is 0. The Morgan fingerprint density at radius 2 is 1.95 bits per heavy atom. The molecule has 0 aliphatic rings. The van der Waals surface area contributed by atoms with Crippen LogP contribution in [0.2, 0.25) is 0 Å². The third-order valence-electron chi connectivity index (χ3n) is 2.80. The summed E-state index contributed by atoms with van der Waals surface area (Å²) in [7, 11) is 0. The Kier molecular flexibility index (Phi) is 4.74. The topological polar surface area (TPSA) is 26.3 Å². The number of hydrogen-bond acceptors (Lipinski definition) is 2. The van der Waals surface area contributed by atoms with Crippen molar-refractivity contribution in [3.05, 3.63) is 58.6 Å². The first-order valence-electron chi connectivity index (χ1n) is 6.20. The summed E-state index contributed by atoms with van der Waals surface area (Å²) in [5.41, 5.74) is 3.23. The van der Waals surface area contributed by atoms with Gasteiger partial charge in [-0.3, -0.25) is 4.79 Å². The number of hydrogen-bond donors (Lipinski definition) is 0. The van der Waals surface area contributed by atoms with E-state index in [0.29, 0.717) is 13.0 Å². The molecule has 0 amide bonds. The summed E-state index contributed by atoms with van der Waals surface area (Å²) >= 11 is 3.55. The lowest BCUT2D eigenvalue weighted by atomic mass is 10.0. The molecule has 0 N–H and O–H groups in total. The molecule has 0 bridgehead atoms. The Hall–Kier alpha value is -1.61. The molecule has 2 aromatic rings. The summed E-state index contributed by atoms with van der Waals surface area (Å²) in [6.45, 7) is 2.12. The van der Waals surface area contributed by atoms with Crippen molar-refractivity contribution in [2.24, 2.45) is 0 Å². The first-order valence-corrected chi connectivity index (χ1v) is 6.99. The van der Waals surface area contributed by atoms with Crippen LogP contribution in [0.5, 0.6) is 0 Å². The first kappa shape index (κ1) is 13.8. The highest BCUT2D eigenvalue weighted by Crippen LogP contribution is 2.28. The largest absolute Gasteiger partial charge is 0.461 e. The molecule has 0 saturated carbocycles. The van der Waals surface area contributed by atoms with E-state index in [1.165, 1.54) is 0 Å². The summed E-state index contributed by atoms with van der Waals surface area (Å²) in [6.07, 6.45) is 0.407. The van der Waals surface area contributed by atoms with Crippen LogP contribution in [0, 0.1) is 0 Å². The van der Waals surface area contributed by atoms with Crippen LogP contribution < -0.4 is 0 Å². The molecule has 0 saturated heterocycles. The molecule has 3 heteroatoms. The zero-order valence-electron chi connectivity index (χ0n) is 10.7. The molecule has 0 unspecified atom stereocenters. The number of benzene rings is 2. The van der Waals surface area contributed by atoms with Gasteiger partial charge in [0.1, 0.15) is 6.61 Å². The maximum Gasteiger partial charge on any atom is 0.305 e. The van der Waals surface area contributed by atoms with Gasteiger partial charge in [0, 0.05) is 10.9 Å². The average molecular weight is 319 g/mol. The number of halogens is 1. The minimum absolute atomic E-state index is 0.175. The van der Waals surface area contributed by atoms with Gasteiger partial charge in [-0.25, -0.2) is 0 Å². The van der Waals surface area contributed by atoms with Gasteiger partial charge in [0.25, 0.3) is 0 Å². The van der Waals surface area contributed by atoms with E-state index in [9.17, 15) is 4.79 Å². The van der Waals surface area contributed by atoms with Crippen LogP contribution in [0.25, 0.3) is 11.1 Å². The summed E-state index contributed by atoms with van der Waals surface area (Å²) in [6, 6.07) is 16.1. The van der Waals surface area contributed by atoms with Crippen molar-refractivity contribution < 1.29 is 9.53 Å². The molecule has 2 nitrogen and oxygen atoms in total. The zero-order chi connectivity index (χ0) is 13.7. The minimum Gasteiger partial charge on any atom is -0.461 e. The lowest BCUT2D eigenvalue weighted by molar-refractivity contribution is -0.144. The second kappa shape index (κ2) is 6.53. The van der Waals surface area contributed by atoms with Crippen LogP contribution >= 0.6 is 15.9 Å². The van der Waals surface area contributed by atoms with Crippen LogP contribution in [0.3, 0.4) is 0 Å². The van der Waals surface area contributed by atoms with Gasteiger partial charge >= 0.3 is 5.97 Å². The van der Waals surface area contributed by atoms with E-state index < -0.39 is 0 Å². The highest BCUT2D eigenvalue weighted by Gasteiger charge is 2.04. The van der Waals surface area contributed by atoms with E-state index in [2.05, 4.69) is 22.0 Å². The fourth-order valence-electron chi connectivity index (χ4n) is 1.79. The Morgan fingerprint density at radius 1 is 1.16 bits per heavy atom. The van der Waals surface area contributed by atoms with Crippen molar-refractivity contribution in [3.63, 3.8) is 0 Å². The highest BCUT2D eigenvalue weighted by atomic mass is 79.9. The zero-order valence-corrected chi connectivity index (χ0v) is 12.3. The molecular formula is C16H15BrO2. The molecule has 0 heterocycles. The molecule has 0 spiro atoms. The summed E-state index contributed by atoms with van der Waals surface area (Å²) < 4.78 is 6.20. The van der Waals surface area contributed by atoms with Gasteiger partial charge in [-0.05, 0) is 28.8 Å². The quantitative estimate of drug-likeness (QED) is 0.772. The van der Waals surface area contributed by atoms with Gasteiger partial charge in [-0.1, -0.05) is 59.3 Å². The third kappa shape index (κ3) is 3.67. The first-order chi connectivity index (χ1) is 9.20. The molecule has 2 rings (SSSR count). The average Bonchev–Trinajstić information content (AvgIpc) is 2.45. The van der Waals surface area contributed by atoms with E-state index in [0.717, 1.165) is 21.2 Å². The van der Waals surface area contributed by atoms with Crippen molar-refractivity contribution in [2.75, 3.05) is 0 Å². The molecule has 0 radical (unpaired) electrons. The van der Waals surface area contributed by atoms with Gasteiger partial charge in [-0.2, -0.15) is 0 Å². The number of rotatable bonds is 4. The molecule has 0 fully saturated rings. The Bertz CT molecular complexity index is 578. The number of carbonyl (C=O) groups is 1. The molecular weight excluding hydrogens is 304 g/mol. The maximum absolute atomic E-state index is 11.2. The normalized spacial score (nSPS) is 10.2. The highest BCUT2D eigenvalue weighted by molar-refractivity contribution is 9.10. The summed E-state index contributed by atoms with van der Waals surface area (Å²) in [4.78, 5) is 11.2. The van der Waals surface area contributed by atoms with Crippen molar-refractivity contribution in [3.8, 4) is 11.1 Å². The second-order valence-corrected chi connectivity index (χ2v) is 5.05. The predicted molar refractivity (Wildman–Crippen MR) is 79.7 cm³/mol. The Balaban J connectivity index is 2.20. The Labute approximate surface area is 121 Å². The monoisotopic (exact) mass is 318 g/mol. The molecule has 98 valence electrons. The molecule has 0 aliphatic heterocycles. The minimum atomic E-state index is -0.175. The van der Waals surface area contributed by atoms with Gasteiger partial charge in [0.15, 0.2) is 0 Å². The van der Waals surface area contributed by atoms with E-state index in [1.807, 2.05) is 42.5 Å². The van der Waals surface area contributed by atoms with Crippen LogP contribution in [-0.2, 0) is 16.1 Å². The van der Waals surface area contributed by atoms with Gasteiger partial charge in [-0.15, -0.1) is 0 Å². The van der Waals surface area contributed by atoms with E-state index in [-0.39, 0.29) is 5.97 Å². The molecule has 0 atom stereocenters. The van der Waals surface area contributed by atoms with Crippen LogP contribution in [0.15, 0.2) is 53.0 Å². The van der Waals surface area contributed by atoms with E-state index in [1.54, 1.807) is 6.92 Å². The van der Waals surface area contributed by atoms with Crippen molar-refractivity contribution in [2.45, 2.75) is 20.0 Å². The smallest absolute Gasteiger partial charge is 0.305 e. The van der Waals surface area contributed by atoms with Gasteiger partial charge < -0.3 is 4.74 Å². The molecule has 0 aromatic heterocycles.